The topological polar surface area (TPSA) is 69.6 Å². The monoisotopic (exact) mass is 708 g/mol. The molecule has 50 heavy (non-hydrogen) atoms. The number of nitrogens with one attached hydrogen (secondary N) is 1. The van der Waals surface area contributed by atoms with E-state index in [9.17, 15) is 15.0 Å². The number of unbranched alkanes of at least 4 members (excludes halogenated alkanes) is 36. The van der Waals surface area contributed by atoms with E-state index < -0.39 is 12.1 Å². The molecule has 3 N–H and O–H groups in total. The number of amides is 1. The van der Waals surface area contributed by atoms with E-state index in [0.717, 1.165) is 25.7 Å². The molecule has 0 aromatic rings. The summed E-state index contributed by atoms with van der Waals surface area (Å²) in [6.07, 6.45) is 51.9. The zero-order chi connectivity index (χ0) is 36.4. The van der Waals surface area contributed by atoms with E-state index in [1.807, 2.05) is 0 Å². The minimum Gasteiger partial charge on any atom is -0.394 e. The zero-order valence-corrected chi connectivity index (χ0v) is 34.4. The van der Waals surface area contributed by atoms with Gasteiger partial charge < -0.3 is 15.5 Å². The van der Waals surface area contributed by atoms with Crippen molar-refractivity contribution < 1.29 is 15.0 Å². The Labute approximate surface area is 314 Å². The molecule has 4 nitrogen and oxygen atoms in total. The van der Waals surface area contributed by atoms with Gasteiger partial charge in [0.05, 0.1) is 18.8 Å². The highest BCUT2D eigenvalue weighted by molar-refractivity contribution is 5.76. The van der Waals surface area contributed by atoms with Gasteiger partial charge in [-0.05, 0) is 12.8 Å². The van der Waals surface area contributed by atoms with Gasteiger partial charge in [0, 0.05) is 6.42 Å². The molecule has 2 atom stereocenters. The fourth-order valence-electron chi connectivity index (χ4n) is 7.54. The molecule has 1 amide bonds. The van der Waals surface area contributed by atoms with Crippen molar-refractivity contribution in [3.63, 3.8) is 0 Å². The van der Waals surface area contributed by atoms with Gasteiger partial charge in [-0.15, -0.1) is 0 Å². The molecule has 300 valence electrons. The first-order valence-electron chi connectivity index (χ1n) is 23.2. The first kappa shape index (κ1) is 49.4. The van der Waals surface area contributed by atoms with E-state index in [-0.39, 0.29) is 12.5 Å². The maximum atomic E-state index is 12.4. The second kappa shape index (κ2) is 42.8. The normalized spacial score (nSPS) is 12.8. The predicted molar refractivity (Wildman–Crippen MR) is 221 cm³/mol. The molecule has 0 aliphatic heterocycles. The minimum atomic E-state index is -0.653. The second-order valence-electron chi connectivity index (χ2n) is 16.2. The van der Waals surface area contributed by atoms with Gasteiger partial charge >= 0.3 is 0 Å². The number of rotatable bonds is 43. The molecule has 0 aliphatic rings. The fourth-order valence-corrected chi connectivity index (χ4v) is 7.54. The smallest absolute Gasteiger partial charge is 0.220 e. The highest BCUT2D eigenvalue weighted by Crippen LogP contribution is 2.17. The maximum absolute atomic E-state index is 12.4. The Bertz CT molecular complexity index is 641. The first-order valence-corrected chi connectivity index (χ1v) is 23.2. The third-order valence-corrected chi connectivity index (χ3v) is 11.1. The van der Waals surface area contributed by atoms with Gasteiger partial charge in [-0.1, -0.05) is 251 Å². The van der Waals surface area contributed by atoms with Crippen LogP contribution in [0.2, 0.25) is 0 Å². The third-order valence-electron chi connectivity index (χ3n) is 11.1. The van der Waals surface area contributed by atoms with Gasteiger partial charge in [-0.2, -0.15) is 0 Å². The van der Waals surface area contributed by atoms with Crippen LogP contribution in [0.25, 0.3) is 0 Å². The first-order chi connectivity index (χ1) is 24.7. The average molecular weight is 708 g/mol. The molecule has 0 aromatic carbocycles. The van der Waals surface area contributed by atoms with Crippen molar-refractivity contribution >= 4 is 5.91 Å². The van der Waals surface area contributed by atoms with Gasteiger partial charge in [-0.3, -0.25) is 4.79 Å². The minimum absolute atomic E-state index is 0.0249. The summed E-state index contributed by atoms with van der Waals surface area (Å²) in [5.41, 5.74) is 0. The maximum Gasteiger partial charge on any atom is 0.220 e. The molecule has 0 rings (SSSR count). The Kier molecular flexibility index (Phi) is 42.3. The molecular formula is C46H93NO3. The van der Waals surface area contributed by atoms with Gasteiger partial charge in [0.25, 0.3) is 0 Å². The van der Waals surface area contributed by atoms with Gasteiger partial charge in [0.2, 0.25) is 5.91 Å². The van der Waals surface area contributed by atoms with Crippen molar-refractivity contribution in [2.45, 2.75) is 283 Å². The van der Waals surface area contributed by atoms with Crippen LogP contribution in [0, 0.1) is 0 Å². The average Bonchev–Trinajstić information content (AvgIpc) is 3.12. The fraction of sp³-hybridized carbons (Fsp3) is 0.978. The number of aliphatic hydroxyl groups excluding tert-OH is 2. The van der Waals surface area contributed by atoms with Crippen molar-refractivity contribution in [1.29, 1.82) is 0 Å². The molecule has 0 saturated carbocycles. The van der Waals surface area contributed by atoms with E-state index in [1.54, 1.807) is 0 Å². The Morgan fingerprint density at radius 3 is 0.900 bits per heavy atom. The van der Waals surface area contributed by atoms with Crippen molar-refractivity contribution in [2.75, 3.05) is 6.61 Å². The standard InChI is InChI=1S/C46H93NO3/c1-3-5-7-9-11-13-15-17-19-20-21-22-23-24-25-26-28-30-32-34-36-38-40-42-46(50)47-44(43-48)45(49)41-39-37-35-33-31-29-27-18-16-14-12-10-8-6-4-2/h44-45,48-49H,3-43H2,1-2H3,(H,47,50)/t44-,45+/m0/s1. The Morgan fingerprint density at radius 1 is 0.400 bits per heavy atom. The molecule has 4 heteroatoms. The summed E-state index contributed by atoms with van der Waals surface area (Å²) in [4.78, 5) is 12.4. The number of aliphatic hydroxyl groups is 2. The van der Waals surface area contributed by atoms with Crippen LogP contribution >= 0.6 is 0 Å². The molecular weight excluding hydrogens is 615 g/mol. The molecule has 0 radical (unpaired) electrons. The lowest BCUT2D eigenvalue weighted by molar-refractivity contribution is -0.123. The van der Waals surface area contributed by atoms with Crippen LogP contribution in [0.5, 0.6) is 0 Å². The predicted octanol–water partition coefficient (Wildman–Crippen LogP) is 14.5. The lowest BCUT2D eigenvalue weighted by Gasteiger charge is -2.22. The summed E-state index contributed by atoms with van der Waals surface area (Å²) >= 11 is 0. The second-order valence-corrected chi connectivity index (χ2v) is 16.2. The van der Waals surface area contributed by atoms with Crippen molar-refractivity contribution in [3.8, 4) is 0 Å². The lowest BCUT2D eigenvalue weighted by atomic mass is 10.0. The number of hydrogen-bond acceptors (Lipinski definition) is 3. The van der Waals surface area contributed by atoms with E-state index >= 15 is 0 Å². The van der Waals surface area contributed by atoms with E-state index in [2.05, 4.69) is 19.2 Å². The van der Waals surface area contributed by atoms with E-state index in [1.165, 1.54) is 218 Å². The van der Waals surface area contributed by atoms with E-state index in [0.29, 0.717) is 12.8 Å². The Hall–Kier alpha value is -0.610. The van der Waals surface area contributed by atoms with Gasteiger partial charge in [0.15, 0.2) is 0 Å². The van der Waals surface area contributed by atoms with Crippen LogP contribution in [-0.2, 0) is 4.79 Å². The molecule has 0 aromatic heterocycles. The van der Waals surface area contributed by atoms with Crippen LogP contribution in [-0.4, -0.2) is 34.9 Å². The molecule has 0 saturated heterocycles. The summed E-state index contributed by atoms with van der Waals surface area (Å²) < 4.78 is 0. The third kappa shape index (κ3) is 38.6. The highest BCUT2D eigenvalue weighted by Gasteiger charge is 2.20. The summed E-state index contributed by atoms with van der Waals surface area (Å²) in [5.74, 6) is -0.0249. The van der Waals surface area contributed by atoms with Crippen molar-refractivity contribution in [3.05, 3.63) is 0 Å². The lowest BCUT2D eigenvalue weighted by Crippen LogP contribution is -2.45. The number of hydrogen-bond donors (Lipinski definition) is 3. The quantitative estimate of drug-likeness (QED) is 0.0553. The Balaban J connectivity index is 3.43. The zero-order valence-electron chi connectivity index (χ0n) is 34.4. The van der Waals surface area contributed by atoms with Gasteiger partial charge in [-0.25, -0.2) is 0 Å². The Morgan fingerprint density at radius 2 is 0.640 bits per heavy atom. The number of carbonyl (C=O) groups is 1. The highest BCUT2D eigenvalue weighted by atomic mass is 16.3. The summed E-state index contributed by atoms with van der Waals surface area (Å²) in [5, 5.41) is 23.2. The van der Waals surface area contributed by atoms with Crippen LogP contribution in [0.1, 0.15) is 271 Å². The van der Waals surface area contributed by atoms with Crippen LogP contribution < -0.4 is 5.32 Å². The summed E-state index contributed by atoms with van der Waals surface area (Å²) in [6.45, 7) is 4.39. The largest absolute Gasteiger partial charge is 0.394 e. The molecule has 0 unspecified atom stereocenters. The van der Waals surface area contributed by atoms with Crippen LogP contribution in [0.4, 0.5) is 0 Å². The summed E-state index contributed by atoms with van der Waals surface area (Å²) in [6, 6.07) is -0.529. The van der Waals surface area contributed by atoms with Crippen LogP contribution in [0.3, 0.4) is 0 Å². The van der Waals surface area contributed by atoms with Crippen molar-refractivity contribution in [2.24, 2.45) is 0 Å². The SMILES string of the molecule is CCCCCCCCCCCCCCCCCCCCCCCCCC(=O)N[C@@H](CO)[C@H](O)CCCCCCCCCCCCCCCCC. The molecule has 0 fully saturated rings. The summed E-state index contributed by atoms with van der Waals surface area (Å²) in [7, 11) is 0. The molecule has 0 bridgehead atoms. The van der Waals surface area contributed by atoms with Crippen LogP contribution in [0.15, 0.2) is 0 Å². The van der Waals surface area contributed by atoms with E-state index in [4.69, 9.17) is 0 Å². The molecule has 0 aliphatic carbocycles. The molecule has 0 spiro atoms. The van der Waals surface area contributed by atoms with Gasteiger partial charge in [0.1, 0.15) is 0 Å². The van der Waals surface area contributed by atoms with Crippen molar-refractivity contribution in [1.82, 2.24) is 5.32 Å². The molecule has 0 heterocycles. The number of carbonyl (C=O) groups excluding carboxylic acids is 1.